The van der Waals surface area contributed by atoms with Gasteiger partial charge in [-0.2, -0.15) is 10.2 Å². The maximum atomic E-state index is 5.16. The van der Waals surface area contributed by atoms with Gasteiger partial charge in [-0.15, -0.1) is 0 Å². The lowest BCUT2D eigenvalue weighted by molar-refractivity contribution is 0.396. The first-order valence-corrected chi connectivity index (χ1v) is 7.18. The lowest BCUT2D eigenvalue weighted by Gasteiger charge is -2.16. The first-order valence-electron chi connectivity index (χ1n) is 7.18. The van der Waals surface area contributed by atoms with E-state index in [2.05, 4.69) is 15.2 Å². The number of methoxy groups -OCH3 is 1. The second-order valence-electron chi connectivity index (χ2n) is 5.50. The number of pyridine rings is 2. The zero-order valence-electron chi connectivity index (χ0n) is 12.9. The van der Waals surface area contributed by atoms with Gasteiger partial charge in [-0.3, -0.25) is 4.98 Å². The van der Waals surface area contributed by atoms with Crippen LogP contribution in [0, 0.1) is 0 Å². The molecular formula is C17H18N4O. The average molecular weight is 294 g/mol. The monoisotopic (exact) mass is 294 g/mol. The molecule has 1 aliphatic rings. The number of ether oxygens (including phenoxy) is 1. The molecule has 0 saturated heterocycles. The molecule has 2 aromatic rings. The van der Waals surface area contributed by atoms with E-state index in [1.165, 1.54) is 0 Å². The number of hydrogen-bond donors (Lipinski definition) is 0. The highest BCUT2D eigenvalue weighted by Gasteiger charge is 2.29. The van der Waals surface area contributed by atoms with Gasteiger partial charge in [0.2, 0.25) is 5.88 Å². The smallest absolute Gasteiger partial charge is 0.213 e. The summed E-state index contributed by atoms with van der Waals surface area (Å²) in [6, 6.07) is 11.7. The van der Waals surface area contributed by atoms with E-state index in [0.717, 1.165) is 22.8 Å². The topological polar surface area (TPSA) is 59.7 Å². The van der Waals surface area contributed by atoms with Crippen molar-refractivity contribution in [2.24, 2.45) is 10.2 Å². The van der Waals surface area contributed by atoms with Crippen molar-refractivity contribution in [1.29, 1.82) is 0 Å². The average Bonchev–Trinajstić information content (AvgIpc) is 2.88. The molecular weight excluding hydrogens is 276 g/mol. The molecule has 112 valence electrons. The molecule has 22 heavy (non-hydrogen) atoms. The molecule has 0 spiro atoms. The second-order valence-corrected chi connectivity index (χ2v) is 5.50. The standard InChI is InChI=1S/C17H18N4O/c1-12-11-17(2,21-20-12)15-8-4-6-13(18-15)10-14-7-5-9-16(19-14)22-3/h4-9,11H,10H2,1-3H3. The van der Waals surface area contributed by atoms with Crippen LogP contribution in [0.5, 0.6) is 5.88 Å². The third kappa shape index (κ3) is 2.88. The fourth-order valence-electron chi connectivity index (χ4n) is 2.49. The fourth-order valence-corrected chi connectivity index (χ4v) is 2.49. The minimum Gasteiger partial charge on any atom is -0.481 e. The van der Waals surface area contributed by atoms with E-state index in [9.17, 15) is 0 Å². The molecule has 5 nitrogen and oxygen atoms in total. The Morgan fingerprint density at radius 3 is 2.45 bits per heavy atom. The van der Waals surface area contributed by atoms with Crippen LogP contribution in [0.4, 0.5) is 0 Å². The van der Waals surface area contributed by atoms with Gasteiger partial charge in [0.15, 0.2) is 0 Å². The van der Waals surface area contributed by atoms with Crippen molar-refractivity contribution >= 4 is 0 Å². The van der Waals surface area contributed by atoms with Gasteiger partial charge in [-0.05, 0) is 38.1 Å². The van der Waals surface area contributed by atoms with Crippen molar-refractivity contribution in [3.63, 3.8) is 0 Å². The number of azo groups is 1. The predicted molar refractivity (Wildman–Crippen MR) is 83.8 cm³/mol. The first-order chi connectivity index (χ1) is 10.6. The van der Waals surface area contributed by atoms with Crippen molar-refractivity contribution < 1.29 is 4.74 Å². The molecule has 0 radical (unpaired) electrons. The van der Waals surface area contributed by atoms with Crippen molar-refractivity contribution in [2.45, 2.75) is 25.8 Å². The molecule has 1 unspecified atom stereocenters. The van der Waals surface area contributed by atoms with E-state index < -0.39 is 5.54 Å². The summed E-state index contributed by atoms with van der Waals surface area (Å²) in [5.41, 5.74) is 3.22. The van der Waals surface area contributed by atoms with E-state index in [1.54, 1.807) is 7.11 Å². The molecule has 3 heterocycles. The summed E-state index contributed by atoms with van der Waals surface area (Å²) in [7, 11) is 1.62. The van der Waals surface area contributed by atoms with Crippen LogP contribution in [-0.4, -0.2) is 17.1 Å². The molecule has 0 amide bonds. The molecule has 3 rings (SSSR count). The number of allylic oxidation sites excluding steroid dienone is 1. The SMILES string of the molecule is COc1cccc(Cc2cccc(C3(C)C=C(C)N=N3)n2)n1. The van der Waals surface area contributed by atoms with Crippen LogP contribution in [-0.2, 0) is 12.0 Å². The Balaban J connectivity index is 1.87. The first kappa shape index (κ1) is 14.4. The Morgan fingerprint density at radius 2 is 1.77 bits per heavy atom. The summed E-state index contributed by atoms with van der Waals surface area (Å²) < 4.78 is 5.16. The Kier molecular flexibility index (Phi) is 3.71. The predicted octanol–water partition coefficient (Wildman–Crippen LogP) is 3.66. The van der Waals surface area contributed by atoms with Gasteiger partial charge in [0, 0.05) is 18.2 Å². The molecule has 1 atom stereocenters. The summed E-state index contributed by atoms with van der Waals surface area (Å²) in [5.74, 6) is 0.615. The van der Waals surface area contributed by atoms with Gasteiger partial charge in [-0.25, -0.2) is 4.98 Å². The Morgan fingerprint density at radius 1 is 1.05 bits per heavy atom. The molecule has 0 fully saturated rings. The van der Waals surface area contributed by atoms with Crippen LogP contribution in [0.2, 0.25) is 0 Å². The van der Waals surface area contributed by atoms with E-state index in [-0.39, 0.29) is 0 Å². The van der Waals surface area contributed by atoms with E-state index in [0.29, 0.717) is 12.3 Å². The minimum atomic E-state index is -0.470. The van der Waals surface area contributed by atoms with Gasteiger partial charge < -0.3 is 4.74 Å². The van der Waals surface area contributed by atoms with Gasteiger partial charge >= 0.3 is 0 Å². The summed E-state index contributed by atoms with van der Waals surface area (Å²) in [6.45, 7) is 3.96. The van der Waals surface area contributed by atoms with Gasteiger partial charge in [0.05, 0.1) is 24.2 Å². The largest absolute Gasteiger partial charge is 0.481 e. The maximum Gasteiger partial charge on any atom is 0.213 e. The lowest BCUT2D eigenvalue weighted by atomic mass is 9.97. The van der Waals surface area contributed by atoms with Crippen molar-refractivity contribution in [1.82, 2.24) is 9.97 Å². The third-order valence-corrected chi connectivity index (χ3v) is 3.58. The Labute approximate surface area is 129 Å². The molecule has 2 aromatic heterocycles. The molecule has 0 aliphatic carbocycles. The zero-order chi connectivity index (χ0) is 15.6. The number of nitrogens with zero attached hydrogens (tertiary/aromatic N) is 4. The number of aromatic nitrogens is 2. The van der Waals surface area contributed by atoms with Crippen molar-refractivity contribution in [3.05, 3.63) is 65.3 Å². The number of rotatable bonds is 4. The summed E-state index contributed by atoms with van der Waals surface area (Å²) >= 11 is 0. The minimum absolute atomic E-state index is 0.470. The molecule has 0 saturated carbocycles. The van der Waals surface area contributed by atoms with Crippen LogP contribution in [0.3, 0.4) is 0 Å². The van der Waals surface area contributed by atoms with E-state index in [4.69, 9.17) is 9.72 Å². The second kappa shape index (κ2) is 5.67. The Hall–Kier alpha value is -2.56. The normalized spacial score (nSPS) is 20.0. The highest BCUT2D eigenvalue weighted by molar-refractivity contribution is 5.29. The van der Waals surface area contributed by atoms with Crippen molar-refractivity contribution in [3.8, 4) is 5.88 Å². The van der Waals surface area contributed by atoms with E-state index in [1.807, 2.05) is 56.3 Å². The molecule has 5 heteroatoms. The zero-order valence-corrected chi connectivity index (χ0v) is 12.9. The Bertz CT molecular complexity index is 754. The summed E-state index contributed by atoms with van der Waals surface area (Å²) in [6.07, 6.45) is 2.68. The molecule has 0 N–H and O–H groups in total. The van der Waals surface area contributed by atoms with Crippen LogP contribution < -0.4 is 4.74 Å². The van der Waals surface area contributed by atoms with E-state index >= 15 is 0 Å². The third-order valence-electron chi connectivity index (χ3n) is 3.58. The molecule has 1 aliphatic heterocycles. The maximum absolute atomic E-state index is 5.16. The van der Waals surface area contributed by atoms with Gasteiger partial charge in [-0.1, -0.05) is 12.1 Å². The summed E-state index contributed by atoms with van der Waals surface area (Å²) in [5, 5.41) is 8.45. The quantitative estimate of drug-likeness (QED) is 0.864. The number of hydrogen-bond acceptors (Lipinski definition) is 5. The van der Waals surface area contributed by atoms with Gasteiger partial charge in [0.25, 0.3) is 0 Å². The van der Waals surface area contributed by atoms with Crippen LogP contribution >= 0.6 is 0 Å². The van der Waals surface area contributed by atoms with Crippen LogP contribution in [0.1, 0.15) is 30.9 Å². The molecule has 0 aromatic carbocycles. The van der Waals surface area contributed by atoms with Crippen molar-refractivity contribution in [2.75, 3.05) is 7.11 Å². The van der Waals surface area contributed by atoms with Crippen LogP contribution in [0.15, 0.2) is 58.4 Å². The van der Waals surface area contributed by atoms with Crippen LogP contribution in [0.25, 0.3) is 0 Å². The van der Waals surface area contributed by atoms with Gasteiger partial charge in [0.1, 0.15) is 5.54 Å². The summed E-state index contributed by atoms with van der Waals surface area (Å²) in [4.78, 5) is 9.16. The highest BCUT2D eigenvalue weighted by atomic mass is 16.5. The highest BCUT2D eigenvalue weighted by Crippen LogP contribution is 2.32. The fraction of sp³-hybridized carbons (Fsp3) is 0.294. The molecule has 0 bridgehead atoms. The lowest BCUT2D eigenvalue weighted by Crippen LogP contribution is -2.16.